The van der Waals surface area contributed by atoms with Crippen LogP contribution in [-0.4, -0.2) is 33.5 Å². The van der Waals surface area contributed by atoms with Crippen LogP contribution in [0.3, 0.4) is 0 Å². The lowest BCUT2D eigenvalue weighted by Gasteiger charge is -2.19. The van der Waals surface area contributed by atoms with Crippen molar-refractivity contribution >= 4 is 5.69 Å². The quantitative estimate of drug-likeness (QED) is 0.851. The molecule has 1 heterocycles. The Morgan fingerprint density at radius 1 is 1.29 bits per heavy atom. The molecular weight excluding hydrogens is 218 g/mol. The van der Waals surface area contributed by atoms with Gasteiger partial charge in [0.15, 0.2) is 11.5 Å². The molecule has 0 radical (unpaired) electrons. The summed E-state index contributed by atoms with van der Waals surface area (Å²) in [6.45, 7) is 5.04. The second-order valence-electron chi connectivity index (χ2n) is 4.30. The molecule has 1 aromatic rings. The summed E-state index contributed by atoms with van der Waals surface area (Å²) in [6, 6.07) is 5.93. The first-order valence-electron chi connectivity index (χ1n) is 5.92. The van der Waals surface area contributed by atoms with Crippen molar-refractivity contribution in [2.45, 2.75) is 6.92 Å². The molecule has 94 valence electrons. The maximum Gasteiger partial charge on any atom is 0.163 e. The summed E-state index contributed by atoms with van der Waals surface area (Å²) in [5.74, 6) is 2.13. The van der Waals surface area contributed by atoms with Gasteiger partial charge in [-0.2, -0.15) is 0 Å². The first-order valence-corrected chi connectivity index (χ1v) is 5.92. The molecule has 0 saturated heterocycles. The van der Waals surface area contributed by atoms with Crippen LogP contribution in [0.5, 0.6) is 11.5 Å². The van der Waals surface area contributed by atoms with E-state index < -0.39 is 0 Å². The third-order valence-corrected chi connectivity index (χ3v) is 2.65. The predicted molar refractivity (Wildman–Crippen MR) is 67.0 cm³/mol. The molecule has 0 spiro atoms. The molecule has 1 aliphatic rings. The standard InChI is InChI=1S/C13H19NO3/c1-10(9-15-2)8-14-11-3-4-12-13(7-11)17-6-5-16-12/h3-4,7,10,14H,5-6,8-9H2,1-2H3. The third kappa shape index (κ3) is 3.27. The Morgan fingerprint density at radius 2 is 2.06 bits per heavy atom. The van der Waals surface area contributed by atoms with E-state index in [0.29, 0.717) is 19.1 Å². The molecule has 17 heavy (non-hydrogen) atoms. The lowest BCUT2D eigenvalue weighted by atomic mass is 10.2. The van der Waals surface area contributed by atoms with Gasteiger partial charge in [0.25, 0.3) is 0 Å². The van der Waals surface area contributed by atoms with E-state index in [1.54, 1.807) is 7.11 Å². The first-order chi connectivity index (χ1) is 8.29. The fourth-order valence-corrected chi connectivity index (χ4v) is 1.79. The number of anilines is 1. The van der Waals surface area contributed by atoms with Gasteiger partial charge in [-0.3, -0.25) is 0 Å². The number of methoxy groups -OCH3 is 1. The van der Waals surface area contributed by atoms with Gasteiger partial charge in [0.05, 0.1) is 6.61 Å². The zero-order valence-corrected chi connectivity index (χ0v) is 10.4. The highest BCUT2D eigenvalue weighted by Crippen LogP contribution is 2.32. The Morgan fingerprint density at radius 3 is 2.82 bits per heavy atom. The molecule has 0 fully saturated rings. The first kappa shape index (κ1) is 12.0. The molecule has 0 aliphatic carbocycles. The van der Waals surface area contributed by atoms with Gasteiger partial charge < -0.3 is 19.5 Å². The van der Waals surface area contributed by atoms with E-state index in [1.165, 1.54) is 0 Å². The predicted octanol–water partition coefficient (Wildman–Crippen LogP) is 2.15. The average molecular weight is 237 g/mol. The number of rotatable bonds is 5. The highest BCUT2D eigenvalue weighted by molar-refractivity contribution is 5.55. The zero-order chi connectivity index (χ0) is 12.1. The van der Waals surface area contributed by atoms with Crippen LogP contribution < -0.4 is 14.8 Å². The van der Waals surface area contributed by atoms with Crippen molar-refractivity contribution in [3.05, 3.63) is 18.2 Å². The number of hydrogen-bond acceptors (Lipinski definition) is 4. The molecular formula is C13H19NO3. The summed E-state index contributed by atoms with van der Waals surface area (Å²) in [5, 5.41) is 3.36. The second-order valence-corrected chi connectivity index (χ2v) is 4.30. The minimum atomic E-state index is 0.480. The van der Waals surface area contributed by atoms with Gasteiger partial charge in [-0.1, -0.05) is 6.92 Å². The van der Waals surface area contributed by atoms with Crippen LogP contribution in [0.2, 0.25) is 0 Å². The van der Waals surface area contributed by atoms with Crippen molar-refractivity contribution in [3.63, 3.8) is 0 Å². The topological polar surface area (TPSA) is 39.7 Å². The van der Waals surface area contributed by atoms with Crippen molar-refractivity contribution in [2.24, 2.45) is 5.92 Å². The Kier molecular flexibility index (Phi) is 4.09. The normalized spacial score (nSPS) is 15.4. The van der Waals surface area contributed by atoms with E-state index >= 15 is 0 Å². The van der Waals surface area contributed by atoms with Gasteiger partial charge in [0.2, 0.25) is 0 Å². The Balaban J connectivity index is 1.93. The lowest BCUT2D eigenvalue weighted by molar-refractivity contribution is 0.164. The van der Waals surface area contributed by atoms with Gasteiger partial charge in [0, 0.05) is 25.4 Å². The van der Waals surface area contributed by atoms with E-state index in [1.807, 2.05) is 18.2 Å². The molecule has 4 heteroatoms. The van der Waals surface area contributed by atoms with Crippen LogP contribution in [0, 0.1) is 5.92 Å². The summed E-state index contributed by atoms with van der Waals surface area (Å²) in [5.41, 5.74) is 1.05. The summed E-state index contributed by atoms with van der Waals surface area (Å²) in [6.07, 6.45) is 0. The Hall–Kier alpha value is -1.42. The Bertz CT molecular complexity index is 368. The summed E-state index contributed by atoms with van der Waals surface area (Å²) in [7, 11) is 1.72. The molecule has 0 aromatic heterocycles. The summed E-state index contributed by atoms with van der Waals surface area (Å²) >= 11 is 0. The smallest absolute Gasteiger partial charge is 0.163 e. The minimum absolute atomic E-state index is 0.480. The molecule has 0 bridgehead atoms. The van der Waals surface area contributed by atoms with E-state index in [9.17, 15) is 0 Å². The molecule has 4 nitrogen and oxygen atoms in total. The summed E-state index contributed by atoms with van der Waals surface area (Å²) in [4.78, 5) is 0. The van der Waals surface area contributed by atoms with Crippen LogP contribution in [0.15, 0.2) is 18.2 Å². The summed E-state index contributed by atoms with van der Waals surface area (Å²) < 4.78 is 16.1. The molecule has 2 rings (SSSR count). The van der Waals surface area contributed by atoms with Gasteiger partial charge in [-0.15, -0.1) is 0 Å². The fraction of sp³-hybridized carbons (Fsp3) is 0.538. The second kappa shape index (κ2) is 5.77. The number of ether oxygens (including phenoxy) is 3. The van der Waals surface area contributed by atoms with Crippen LogP contribution >= 0.6 is 0 Å². The zero-order valence-electron chi connectivity index (χ0n) is 10.4. The van der Waals surface area contributed by atoms with Crippen molar-refractivity contribution in [2.75, 3.05) is 38.8 Å². The third-order valence-electron chi connectivity index (χ3n) is 2.65. The highest BCUT2D eigenvalue weighted by Gasteiger charge is 2.11. The van der Waals surface area contributed by atoms with Crippen LogP contribution in [0.4, 0.5) is 5.69 Å². The van der Waals surface area contributed by atoms with Crippen molar-refractivity contribution < 1.29 is 14.2 Å². The van der Waals surface area contributed by atoms with E-state index in [2.05, 4.69) is 12.2 Å². The lowest BCUT2D eigenvalue weighted by Crippen LogP contribution is -2.17. The highest BCUT2D eigenvalue weighted by atomic mass is 16.6. The van der Waals surface area contributed by atoms with E-state index in [4.69, 9.17) is 14.2 Å². The SMILES string of the molecule is COCC(C)CNc1ccc2c(c1)OCCO2. The van der Waals surface area contributed by atoms with Gasteiger partial charge >= 0.3 is 0 Å². The van der Waals surface area contributed by atoms with Crippen LogP contribution in [-0.2, 0) is 4.74 Å². The molecule has 1 aromatic carbocycles. The molecule has 1 aliphatic heterocycles. The number of hydrogen-bond donors (Lipinski definition) is 1. The molecule has 1 N–H and O–H groups in total. The molecule has 1 atom stereocenters. The van der Waals surface area contributed by atoms with Crippen molar-refractivity contribution in [1.29, 1.82) is 0 Å². The van der Waals surface area contributed by atoms with E-state index in [0.717, 1.165) is 30.3 Å². The minimum Gasteiger partial charge on any atom is -0.486 e. The van der Waals surface area contributed by atoms with Crippen molar-refractivity contribution in [3.8, 4) is 11.5 Å². The van der Waals surface area contributed by atoms with Gasteiger partial charge in [0.1, 0.15) is 13.2 Å². The van der Waals surface area contributed by atoms with Crippen LogP contribution in [0.25, 0.3) is 0 Å². The van der Waals surface area contributed by atoms with E-state index in [-0.39, 0.29) is 0 Å². The molecule has 1 unspecified atom stereocenters. The Labute approximate surface area is 102 Å². The molecule has 0 saturated carbocycles. The average Bonchev–Trinajstić information content (AvgIpc) is 2.36. The molecule has 0 amide bonds. The maximum atomic E-state index is 5.53. The van der Waals surface area contributed by atoms with Crippen LogP contribution in [0.1, 0.15) is 6.92 Å². The number of benzene rings is 1. The number of fused-ring (bicyclic) bond motifs is 1. The maximum absolute atomic E-state index is 5.53. The largest absolute Gasteiger partial charge is 0.486 e. The number of nitrogens with one attached hydrogen (secondary N) is 1. The monoisotopic (exact) mass is 237 g/mol. The van der Waals surface area contributed by atoms with Gasteiger partial charge in [-0.05, 0) is 18.1 Å². The van der Waals surface area contributed by atoms with Crippen molar-refractivity contribution in [1.82, 2.24) is 0 Å². The van der Waals surface area contributed by atoms with Gasteiger partial charge in [-0.25, -0.2) is 0 Å². The fourth-order valence-electron chi connectivity index (χ4n) is 1.79.